The fraction of sp³-hybridized carbons (Fsp3) is 1.00. The third kappa shape index (κ3) is 3.21. The molecule has 0 amide bonds. The maximum Gasteiger partial charge on any atom is 0.136 e. The van der Waals surface area contributed by atoms with Crippen molar-refractivity contribution < 1.29 is 4.55 Å². The zero-order valence-corrected chi connectivity index (χ0v) is 12.9. The summed E-state index contributed by atoms with van der Waals surface area (Å²) >= 11 is -0.933. The zero-order chi connectivity index (χ0) is 13.2. The first-order valence-electron chi connectivity index (χ1n) is 7.33. The van der Waals surface area contributed by atoms with Crippen molar-refractivity contribution in [2.75, 3.05) is 13.1 Å². The van der Waals surface area contributed by atoms with Crippen molar-refractivity contribution in [3.05, 3.63) is 0 Å². The molecule has 1 saturated carbocycles. The second kappa shape index (κ2) is 5.70. The molecule has 1 aliphatic carbocycles. The summed E-state index contributed by atoms with van der Waals surface area (Å²) in [5, 5.41) is 3.46. The van der Waals surface area contributed by atoms with Gasteiger partial charge in [0.2, 0.25) is 0 Å². The topological polar surface area (TPSA) is 47.1 Å². The highest BCUT2D eigenvalue weighted by Gasteiger charge is 2.44. The summed E-state index contributed by atoms with van der Waals surface area (Å²) < 4.78 is 15.6. The third-order valence-corrected chi connectivity index (χ3v) is 6.17. The first-order valence-corrected chi connectivity index (χ1v) is 8.48. The van der Waals surface area contributed by atoms with E-state index in [0.29, 0.717) is 11.5 Å². The van der Waals surface area contributed by atoms with Gasteiger partial charge in [0.05, 0.1) is 6.04 Å². The second-order valence-corrected chi connectivity index (χ2v) is 8.91. The lowest BCUT2D eigenvalue weighted by molar-refractivity contribution is 0.0951. The van der Waals surface area contributed by atoms with Crippen LogP contribution in [0, 0.1) is 5.41 Å². The van der Waals surface area contributed by atoms with Crippen molar-refractivity contribution in [2.45, 2.75) is 70.1 Å². The summed E-state index contributed by atoms with van der Waals surface area (Å²) in [5.74, 6) is 0. The second-order valence-electron chi connectivity index (χ2n) is 6.91. The fourth-order valence-corrected chi connectivity index (χ4v) is 4.30. The molecule has 0 bridgehead atoms. The van der Waals surface area contributed by atoms with E-state index in [1.165, 1.54) is 38.5 Å². The van der Waals surface area contributed by atoms with Gasteiger partial charge >= 0.3 is 0 Å². The van der Waals surface area contributed by atoms with Gasteiger partial charge in [0, 0.05) is 11.4 Å². The maximum atomic E-state index is 12.3. The normalized spacial score (nSPS) is 30.3. The zero-order valence-electron chi connectivity index (χ0n) is 12.1. The SMILES string of the molecule is CC(C)(C)[S@@+]([O-])N[C@@H]1CCCCC12CCNCC2. The van der Waals surface area contributed by atoms with Gasteiger partial charge in [0.1, 0.15) is 4.75 Å². The quantitative estimate of drug-likeness (QED) is 0.759. The molecule has 2 rings (SSSR count). The molecule has 0 aromatic rings. The van der Waals surface area contributed by atoms with Gasteiger partial charge in [-0.3, -0.25) is 0 Å². The van der Waals surface area contributed by atoms with Gasteiger partial charge in [0.15, 0.2) is 0 Å². The van der Waals surface area contributed by atoms with Crippen molar-refractivity contribution >= 4 is 11.4 Å². The first-order chi connectivity index (χ1) is 8.44. The lowest BCUT2D eigenvalue weighted by Crippen LogP contribution is -2.56. The van der Waals surface area contributed by atoms with E-state index in [9.17, 15) is 4.55 Å². The van der Waals surface area contributed by atoms with E-state index in [-0.39, 0.29) is 4.75 Å². The van der Waals surface area contributed by atoms with Crippen molar-refractivity contribution in [1.82, 2.24) is 10.0 Å². The molecule has 0 radical (unpaired) electrons. The maximum absolute atomic E-state index is 12.3. The van der Waals surface area contributed by atoms with Crippen LogP contribution in [0.5, 0.6) is 0 Å². The van der Waals surface area contributed by atoms with Crippen LogP contribution in [0.15, 0.2) is 0 Å². The molecule has 2 atom stereocenters. The summed E-state index contributed by atoms with van der Waals surface area (Å²) in [6.45, 7) is 8.40. The molecule has 1 saturated heterocycles. The van der Waals surface area contributed by atoms with Crippen LogP contribution in [0.1, 0.15) is 59.3 Å². The van der Waals surface area contributed by atoms with Gasteiger partial charge < -0.3 is 9.87 Å². The van der Waals surface area contributed by atoms with Gasteiger partial charge in [0.25, 0.3) is 0 Å². The summed E-state index contributed by atoms with van der Waals surface area (Å²) in [4.78, 5) is 0. The Morgan fingerprint density at radius 3 is 2.44 bits per heavy atom. The Bertz CT molecular complexity index is 263. The molecule has 1 spiro atoms. The van der Waals surface area contributed by atoms with E-state index in [1.54, 1.807) is 0 Å². The minimum atomic E-state index is -0.933. The van der Waals surface area contributed by atoms with Crippen LogP contribution in [0.2, 0.25) is 0 Å². The third-order valence-electron chi connectivity index (χ3n) is 4.56. The number of nitrogens with one attached hydrogen (secondary N) is 2. The minimum Gasteiger partial charge on any atom is -0.598 e. The first kappa shape index (κ1) is 14.6. The molecule has 4 heteroatoms. The molecule has 106 valence electrons. The Morgan fingerprint density at radius 1 is 1.17 bits per heavy atom. The molecule has 0 unspecified atom stereocenters. The van der Waals surface area contributed by atoms with E-state index in [4.69, 9.17) is 0 Å². The Balaban J connectivity index is 2.03. The minimum absolute atomic E-state index is 0.161. The van der Waals surface area contributed by atoms with Crippen molar-refractivity contribution in [3.63, 3.8) is 0 Å². The molecule has 18 heavy (non-hydrogen) atoms. The van der Waals surface area contributed by atoms with Crippen molar-refractivity contribution in [2.24, 2.45) is 5.41 Å². The monoisotopic (exact) mass is 272 g/mol. The van der Waals surface area contributed by atoms with Gasteiger partial charge in [-0.05, 0) is 65.0 Å². The van der Waals surface area contributed by atoms with E-state index < -0.39 is 11.4 Å². The lowest BCUT2D eigenvalue weighted by Gasteiger charge is -2.47. The van der Waals surface area contributed by atoms with E-state index in [0.717, 1.165) is 13.1 Å². The average Bonchev–Trinajstić information content (AvgIpc) is 2.32. The molecule has 3 nitrogen and oxygen atoms in total. The predicted molar refractivity (Wildman–Crippen MR) is 77.8 cm³/mol. The van der Waals surface area contributed by atoms with Crippen LogP contribution in [0.25, 0.3) is 0 Å². The summed E-state index contributed by atoms with van der Waals surface area (Å²) in [6, 6.07) is 0.452. The Kier molecular flexibility index (Phi) is 4.63. The van der Waals surface area contributed by atoms with Gasteiger partial charge in [-0.25, -0.2) is 0 Å². The van der Waals surface area contributed by atoms with Crippen LogP contribution < -0.4 is 10.0 Å². The lowest BCUT2D eigenvalue weighted by atomic mass is 9.65. The van der Waals surface area contributed by atoms with E-state index >= 15 is 0 Å². The Hall–Kier alpha value is 0.230. The highest BCUT2D eigenvalue weighted by Crippen LogP contribution is 2.44. The predicted octanol–water partition coefficient (Wildman–Crippen LogP) is 2.35. The highest BCUT2D eigenvalue weighted by atomic mass is 32.2. The van der Waals surface area contributed by atoms with Gasteiger partial charge in [-0.1, -0.05) is 12.8 Å². The van der Waals surface area contributed by atoms with Crippen molar-refractivity contribution in [1.29, 1.82) is 0 Å². The van der Waals surface area contributed by atoms with E-state index in [1.807, 2.05) is 20.8 Å². The summed E-state index contributed by atoms with van der Waals surface area (Å²) in [6.07, 6.45) is 7.63. The van der Waals surface area contributed by atoms with Crippen LogP contribution in [0.4, 0.5) is 0 Å². The van der Waals surface area contributed by atoms with Crippen LogP contribution in [0.3, 0.4) is 0 Å². The number of hydrogen-bond donors (Lipinski definition) is 2. The molecular weight excluding hydrogens is 244 g/mol. The molecule has 1 aliphatic heterocycles. The smallest absolute Gasteiger partial charge is 0.136 e. The van der Waals surface area contributed by atoms with Crippen LogP contribution >= 0.6 is 0 Å². The van der Waals surface area contributed by atoms with Gasteiger partial charge in [-0.2, -0.15) is 0 Å². The van der Waals surface area contributed by atoms with Gasteiger partial charge in [-0.15, -0.1) is 4.72 Å². The van der Waals surface area contributed by atoms with Crippen LogP contribution in [-0.2, 0) is 11.4 Å². The number of rotatable bonds is 2. The molecule has 2 fully saturated rings. The molecular formula is C14H28N2OS. The van der Waals surface area contributed by atoms with Crippen molar-refractivity contribution in [3.8, 4) is 0 Å². The van der Waals surface area contributed by atoms with Crippen LogP contribution in [-0.4, -0.2) is 28.4 Å². The summed E-state index contributed by atoms with van der Waals surface area (Å²) in [7, 11) is 0. The standard InChI is InChI=1S/C14H28N2OS/c1-13(2,3)18(17)16-12-6-4-5-7-14(12)8-10-15-11-9-14/h12,15-16H,4-11H2,1-3H3/t12-,18-/m1/s1. The van der Waals surface area contributed by atoms with E-state index in [2.05, 4.69) is 10.0 Å². The molecule has 2 aliphatic rings. The molecule has 0 aromatic heterocycles. The Morgan fingerprint density at radius 2 is 1.83 bits per heavy atom. The summed E-state index contributed by atoms with van der Waals surface area (Å²) in [5.41, 5.74) is 0.407. The fourth-order valence-electron chi connectivity index (χ4n) is 3.32. The molecule has 0 aromatic carbocycles. The largest absolute Gasteiger partial charge is 0.598 e. The Labute approximate surface area is 115 Å². The highest BCUT2D eigenvalue weighted by molar-refractivity contribution is 7.90. The average molecular weight is 272 g/mol. The number of piperidine rings is 1. The number of hydrogen-bond acceptors (Lipinski definition) is 3. The molecule has 1 heterocycles. The molecule has 2 N–H and O–H groups in total.